The van der Waals surface area contributed by atoms with Crippen molar-refractivity contribution in [2.75, 3.05) is 20.6 Å². The van der Waals surface area contributed by atoms with Crippen LogP contribution in [0.5, 0.6) is 0 Å². The van der Waals surface area contributed by atoms with Crippen molar-refractivity contribution in [1.82, 2.24) is 4.48 Å². The zero-order valence-electron chi connectivity index (χ0n) is 7.85. The van der Waals surface area contributed by atoms with E-state index in [1.807, 2.05) is 0 Å². The molecule has 1 aromatic rings. The first-order valence-electron chi connectivity index (χ1n) is 4.05. The largest absolute Gasteiger partial charge is 0.293 e. The predicted octanol–water partition coefficient (Wildman–Crippen LogP) is 2.37. The maximum atomic E-state index is 13.2. The quantitative estimate of drug-likeness (QED) is 0.620. The summed E-state index contributed by atoms with van der Waals surface area (Å²) >= 11 is 0. The summed E-state index contributed by atoms with van der Waals surface area (Å²) in [5.41, 5.74) is 0.329. The van der Waals surface area contributed by atoms with E-state index in [4.69, 9.17) is 0 Å². The molecule has 0 saturated carbocycles. The van der Waals surface area contributed by atoms with Gasteiger partial charge in [0, 0.05) is 13.0 Å². The average Bonchev–Trinajstić information content (AvgIpc) is 2.09. The smallest absolute Gasteiger partial charge is 0.184 e. The van der Waals surface area contributed by atoms with E-state index in [0.29, 0.717) is 12.2 Å². The number of benzene rings is 1. The van der Waals surface area contributed by atoms with Crippen molar-refractivity contribution in [2.24, 2.45) is 0 Å². The molecule has 1 aromatic carbocycles. The summed E-state index contributed by atoms with van der Waals surface area (Å²) in [6, 6.07) is 3.46. The van der Waals surface area contributed by atoms with Crippen LogP contribution in [0.1, 0.15) is 0 Å². The summed E-state index contributed by atoms with van der Waals surface area (Å²) < 4.78 is 26.3. The Hall–Kier alpha value is -0.960. The van der Waals surface area contributed by atoms with Crippen molar-refractivity contribution in [2.45, 2.75) is 0 Å². The molecule has 0 aliphatic heterocycles. The molecule has 0 aromatic heterocycles. The highest BCUT2D eigenvalue weighted by Gasteiger charge is 2.21. The Morgan fingerprint density at radius 2 is 1.92 bits per heavy atom. The SMILES string of the molecule is [CH2]C[N+](C)(C)c1cc(F)ccc1F. The van der Waals surface area contributed by atoms with Crippen LogP contribution < -0.4 is 4.48 Å². The van der Waals surface area contributed by atoms with Gasteiger partial charge in [-0.25, -0.2) is 8.78 Å². The highest BCUT2D eigenvalue weighted by atomic mass is 19.1. The molecule has 1 nitrogen and oxygen atoms in total. The Labute approximate surface area is 77.2 Å². The third kappa shape index (κ3) is 2.04. The fourth-order valence-corrected chi connectivity index (χ4v) is 1.07. The van der Waals surface area contributed by atoms with E-state index in [-0.39, 0.29) is 4.48 Å². The molecule has 1 radical (unpaired) electrons. The molecule has 0 spiro atoms. The predicted molar refractivity (Wildman–Crippen MR) is 50.2 cm³/mol. The molecule has 0 unspecified atom stereocenters. The molecule has 0 fully saturated rings. The molecule has 3 heteroatoms. The van der Waals surface area contributed by atoms with Crippen LogP contribution in [0.15, 0.2) is 18.2 Å². The van der Waals surface area contributed by atoms with Crippen LogP contribution in [0.25, 0.3) is 0 Å². The maximum absolute atomic E-state index is 13.2. The molecule has 0 amide bonds. The van der Waals surface area contributed by atoms with Crippen LogP contribution in [0.3, 0.4) is 0 Å². The minimum absolute atomic E-state index is 0.240. The highest BCUT2D eigenvalue weighted by Crippen LogP contribution is 2.23. The van der Waals surface area contributed by atoms with Crippen molar-refractivity contribution in [3.63, 3.8) is 0 Å². The number of quaternary nitrogens is 1. The Morgan fingerprint density at radius 1 is 1.31 bits per heavy atom. The zero-order chi connectivity index (χ0) is 10.1. The fourth-order valence-electron chi connectivity index (χ4n) is 1.07. The van der Waals surface area contributed by atoms with Crippen molar-refractivity contribution >= 4 is 5.69 Å². The standard InChI is InChI=1S/C10H13F2N/c1-4-13(2,3)10-7-8(11)5-6-9(10)12/h5-7H,1,4H2,2-3H3/q+1. The zero-order valence-corrected chi connectivity index (χ0v) is 7.85. The second-order valence-electron chi connectivity index (χ2n) is 3.50. The molecule has 0 heterocycles. The number of rotatable bonds is 2. The van der Waals surface area contributed by atoms with Gasteiger partial charge in [-0.05, 0) is 12.1 Å². The Bertz CT molecular complexity index is 308. The molecule has 71 valence electrons. The van der Waals surface area contributed by atoms with Crippen LogP contribution in [0.2, 0.25) is 0 Å². The van der Waals surface area contributed by atoms with Gasteiger partial charge in [0.05, 0.1) is 20.6 Å². The van der Waals surface area contributed by atoms with Crippen molar-refractivity contribution in [3.8, 4) is 0 Å². The minimum atomic E-state index is -0.420. The number of hydrogen-bond acceptors (Lipinski definition) is 0. The molecule has 0 atom stereocenters. The van der Waals surface area contributed by atoms with Crippen LogP contribution >= 0.6 is 0 Å². The molecule has 0 saturated heterocycles. The minimum Gasteiger partial charge on any atom is -0.293 e. The van der Waals surface area contributed by atoms with Crippen LogP contribution in [0, 0.1) is 18.6 Å². The van der Waals surface area contributed by atoms with Gasteiger partial charge in [-0.1, -0.05) is 0 Å². The monoisotopic (exact) mass is 185 g/mol. The van der Waals surface area contributed by atoms with Gasteiger partial charge in [-0.2, -0.15) is 0 Å². The number of halogens is 2. The van der Waals surface area contributed by atoms with Crippen molar-refractivity contribution in [3.05, 3.63) is 36.8 Å². The van der Waals surface area contributed by atoms with Gasteiger partial charge >= 0.3 is 0 Å². The fraction of sp³-hybridized carbons (Fsp3) is 0.300. The Morgan fingerprint density at radius 3 is 2.46 bits per heavy atom. The Kier molecular flexibility index (Phi) is 2.66. The van der Waals surface area contributed by atoms with E-state index in [1.165, 1.54) is 6.07 Å². The molecule has 0 bridgehead atoms. The van der Waals surface area contributed by atoms with Gasteiger partial charge in [-0.15, -0.1) is 0 Å². The molecule has 0 N–H and O–H groups in total. The molecule has 1 rings (SSSR count). The lowest BCUT2D eigenvalue weighted by molar-refractivity contribution is 0.415. The van der Waals surface area contributed by atoms with E-state index >= 15 is 0 Å². The lowest BCUT2D eigenvalue weighted by Crippen LogP contribution is -2.40. The van der Waals surface area contributed by atoms with Crippen LogP contribution in [0.4, 0.5) is 14.5 Å². The number of hydrogen-bond donors (Lipinski definition) is 0. The van der Waals surface area contributed by atoms with Crippen molar-refractivity contribution < 1.29 is 8.78 Å². The lowest BCUT2D eigenvalue weighted by Gasteiger charge is -2.27. The Balaban J connectivity index is 3.20. The maximum Gasteiger partial charge on any atom is 0.184 e. The summed E-state index contributed by atoms with van der Waals surface area (Å²) in [6.07, 6.45) is 0. The summed E-state index contributed by atoms with van der Waals surface area (Å²) in [5, 5.41) is 0. The van der Waals surface area contributed by atoms with Gasteiger partial charge in [0.25, 0.3) is 0 Å². The van der Waals surface area contributed by atoms with Gasteiger partial charge in [0.2, 0.25) is 0 Å². The van der Waals surface area contributed by atoms with E-state index in [2.05, 4.69) is 6.92 Å². The van der Waals surface area contributed by atoms with Crippen molar-refractivity contribution in [1.29, 1.82) is 0 Å². The third-order valence-corrected chi connectivity index (χ3v) is 2.12. The molecular formula is C10H13F2N+. The second kappa shape index (κ2) is 3.42. The van der Waals surface area contributed by atoms with E-state index in [1.54, 1.807) is 14.1 Å². The first-order valence-corrected chi connectivity index (χ1v) is 4.05. The topological polar surface area (TPSA) is 0 Å². The summed E-state index contributed by atoms with van der Waals surface area (Å²) in [7, 11) is 3.57. The van der Waals surface area contributed by atoms with Gasteiger partial charge in [0.1, 0.15) is 5.82 Å². The van der Waals surface area contributed by atoms with E-state index in [9.17, 15) is 8.78 Å². The normalized spacial score (nSPS) is 11.8. The first-order chi connectivity index (χ1) is 5.97. The van der Waals surface area contributed by atoms with E-state index in [0.717, 1.165) is 12.1 Å². The van der Waals surface area contributed by atoms with Gasteiger partial charge < -0.3 is 0 Å². The molecule has 0 aliphatic rings. The molecular weight excluding hydrogens is 172 g/mol. The molecule has 13 heavy (non-hydrogen) atoms. The average molecular weight is 185 g/mol. The molecule has 0 aliphatic carbocycles. The summed E-state index contributed by atoms with van der Waals surface area (Å²) in [4.78, 5) is 0. The van der Waals surface area contributed by atoms with Crippen LogP contribution in [-0.2, 0) is 0 Å². The summed E-state index contributed by atoms with van der Waals surface area (Å²) in [5.74, 6) is -0.814. The van der Waals surface area contributed by atoms with Gasteiger partial charge in [0.15, 0.2) is 11.5 Å². The highest BCUT2D eigenvalue weighted by molar-refractivity contribution is 5.43. The second-order valence-corrected chi connectivity index (χ2v) is 3.50. The van der Waals surface area contributed by atoms with Crippen LogP contribution in [-0.4, -0.2) is 20.6 Å². The first kappa shape index (κ1) is 10.1. The lowest BCUT2D eigenvalue weighted by atomic mass is 10.2. The number of nitrogens with zero attached hydrogens (tertiary/aromatic N) is 1. The third-order valence-electron chi connectivity index (χ3n) is 2.12. The summed E-state index contributed by atoms with van der Waals surface area (Å²) in [6.45, 7) is 4.16. The van der Waals surface area contributed by atoms with Gasteiger partial charge in [-0.3, -0.25) is 4.48 Å². The van der Waals surface area contributed by atoms with E-state index < -0.39 is 11.6 Å².